The van der Waals surface area contributed by atoms with Gasteiger partial charge >= 0.3 is 0 Å². The molecule has 1 heterocycles. The zero-order valence-electron chi connectivity index (χ0n) is 10.9. The Morgan fingerprint density at radius 2 is 2.00 bits per heavy atom. The van der Waals surface area contributed by atoms with E-state index >= 15 is 0 Å². The van der Waals surface area contributed by atoms with Crippen LogP contribution in [0.25, 0.3) is 0 Å². The van der Waals surface area contributed by atoms with Crippen LogP contribution in [-0.4, -0.2) is 23.2 Å². The van der Waals surface area contributed by atoms with Crippen LogP contribution in [0.1, 0.15) is 26.2 Å². The Balaban J connectivity index is 2.70. The third-order valence-electron chi connectivity index (χ3n) is 2.86. The number of nitrogens with one attached hydrogen (secondary N) is 2. The minimum Gasteiger partial charge on any atom is -0.396 e. The molecule has 0 bridgehead atoms. The zero-order valence-corrected chi connectivity index (χ0v) is 12.4. The van der Waals surface area contributed by atoms with Gasteiger partial charge in [-0.25, -0.2) is 10.8 Å². The first kappa shape index (κ1) is 16.3. The molecule has 0 amide bonds. The molecule has 7 heteroatoms. The number of aromatic nitrogens is 1. The monoisotopic (exact) mass is 306 g/mol. The molecule has 0 saturated carbocycles. The van der Waals surface area contributed by atoms with E-state index in [1.165, 1.54) is 0 Å². The molecular formula is C12H20Cl2N4O. The number of pyridine rings is 1. The Bertz CT molecular complexity index is 398. The maximum atomic E-state index is 9.02. The average molecular weight is 307 g/mol. The number of halogens is 2. The predicted octanol–water partition coefficient (Wildman–Crippen LogP) is 2.88. The van der Waals surface area contributed by atoms with Crippen molar-refractivity contribution in [1.82, 2.24) is 4.98 Å². The number of aliphatic hydroxyl groups excluding tert-OH is 1. The molecular weight excluding hydrogens is 287 g/mol. The summed E-state index contributed by atoms with van der Waals surface area (Å²) in [6.07, 6.45) is 2.87. The lowest BCUT2D eigenvalue weighted by molar-refractivity contribution is 0.255. The van der Waals surface area contributed by atoms with E-state index in [0.717, 1.165) is 19.3 Å². The van der Waals surface area contributed by atoms with Crippen LogP contribution in [0.3, 0.4) is 0 Å². The van der Waals surface area contributed by atoms with Gasteiger partial charge in [-0.1, -0.05) is 36.5 Å². The fraction of sp³-hybridized carbons (Fsp3) is 0.583. The molecule has 0 aliphatic rings. The molecule has 5 N–H and O–H groups in total. The average Bonchev–Trinajstić information content (AvgIpc) is 2.38. The third-order valence-corrected chi connectivity index (χ3v) is 3.43. The van der Waals surface area contributed by atoms with Gasteiger partial charge in [0.05, 0.1) is 10.0 Å². The molecule has 1 rings (SSSR count). The van der Waals surface area contributed by atoms with Gasteiger partial charge in [0, 0.05) is 13.2 Å². The molecule has 0 aliphatic carbocycles. The number of nitrogen functional groups attached to an aromatic ring is 1. The zero-order chi connectivity index (χ0) is 14.3. The SMILES string of the molecule is CCCC(CCO)CNc1nc(NN)c(Cl)cc1Cl. The van der Waals surface area contributed by atoms with E-state index in [1.807, 2.05) is 0 Å². The number of hydrazine groups is 1. The van der Waals surface area contributed by atoms with Crippen LogP contribution in [0.15, 0.2) is 6.07 Å². The number of hydrogen-bond acceptors (Lipinski definition) is 5. The summed E-state index contributed by atoms with van der Waals surface area (Å²) in [5.74, 6) is 6.62. The number of nitrogens with zero attached hydrogens (tertiary/aromatic N) is 1. The second-order valence-corrected chi connectivity index (χ2v) is 5.16. The fourth-order valence-corrected chi connectivity index (χ4v) is 2.35. The summed E-state index contributed by atoms with van der Waals surface area (Å²) < 4.78 is 0. The first-order valence-electron chi connectivity index (χ1n) is 6.29. The smallest absolute Gasteiger partial charge is 0.161 e. The van der Waals surface area contributed by atoms with Crippen molar-refractivity contribution < 1.29 is 5.11 Å². The van der Waals surface area contributed by atoms with Crippen molar-refractivity contribution in [2.45, 2.75) is 26.2 Å². The molecule has 1 unspecified atom stereocenters. The van der Waals surface area contributed by atoms with Gasteiger partial charge in [-0.3, -0.25) is 0 Å². The summed E-state index contributed by atoms with van der Waals surface area (Å²) in [4.78, 5) is 4.21. The van der Waals surface area contributed by atoms with Crippen molar-refractivity contribution in [1.29, 1.82) is 0 Å². The fourth-order valence-electron chi connectivity index (χ4n) is 1.87. The second kappa shape index (κ2) is 8.43. The van der Waals surface area contributed by atoms with Crippen LogP contribution < -0.4 is 16.6 Å². The van der Waals surface area contributed by atoms with E-state index < -0.39 is 0 Å². The van der Waals surface area contributed by atoms with Crippen molar-refractivity contribution >= 4 is 34.8 Å². The Kier molecular flexibility index (Phi) is 7.23. The minimum atomic E-state index is 0.184. The van der Waals surface area contributed by atoms with Gasteiger partial charge in [-0.2, -0.15) is 0 Å². The number of nitrogens with two attached hydrogens (primary N) is 1. The number of rotatable bonds is 8. The summed E-state index contributed by atoms with van der Waals surface area (Å²) in [5, 5.41) is 13.0. The Morgan fingerprint density at radius 1 is 1.32 bits per heavy atom. The highest BCUT2D eigenvalue weighted by molar-refractivity contribution is 6.37. The number of anilines is 2. The highest BCUT2D eigenvalue weighted by Gasteiger charge is 2.11. The van der Waals surface area contributed by atoms with Crippen LogP contribution in [0, 0.1) is 5.92 Å². The Hall–Kier alpha value is -0.750. The van der Waals surface area contributed by atoms with Crippen LogP contribution in [-0.2, 0) is 0 Å². The van der Waals surface area contributed by atoms with Crippen molar-refractivity contribution in [3.63, 3.8) is 0 Å². The Morgan fingerprint density at radius 3 is 2.58 bits per heavy atom. The molecule has 0 fully saturated rings. The lowest BCUT2D eigenvalue weighted by Crippen LogP contribution is -2.17. The molecule has 0 aromatic carbocycles. The third kappa shape index (κ3) is 5.03. The van der Waals surface area contributed by atoms with Crippen LogP contribution in [0.2, 0.25) is 10.0 Å². The summed E-state index contributed by atoms with van der Waals surface area (Å²) in [5.41, 5.74) is 2.42. The van der Waals surface area contributed by atoms with Crippen molar-refractivity contribution in [3.8, 4) is 0 Å². The molecule has 0 radical (unpaired) electrons. The van der Waals surface area contributed by atoms with Gasteiger partial charge in [0.15, 0.2) is 5.82 Å². The van der Waals surface area contributed by atoms with E-state index in [0.29, 0.717) is 34.1 Å². The topological polar surface area (TPSA) is 83.2 Å². The summed E-state index contributed by atoms with van der Waals surface area (Å²) in [6.45, 7) is 3.00. The van der Waals surface area contributed by atoms with Gasteiger partial charge in [-0.05, 0) is 24.8 Å². The maximum absolute atomic E-state index is 9.02. The Labute approximate surface area is 123 Å². The van der Waals surface area contributed by atoms with Crippen LogP contribution >= 0.6 is 23.2 Å². The minimum absolute atomic E-state index is 0.184. The highest BCUT2D eigenvalue weighted by atomic mass is 35.5. The molecule has 108 valence electrons. The molecule has 19 heavy (non-hydrogen) atoms. The van der Waals surface area contributed by atoms with Crippen molar-refractivity contribution in [2.75, 3.05) is 23.9 Å². The molecule has 0 spiro atoms. The summed E-state index contributed by atoms with van der Waals surface area (Å²) in [6, 6.07) is 1.59. The van der Waals surface area contributed by atoms with Crippen molar-refractivity contribution in [2.24, 2.45) is 11.8 Å². The maximum Gasteiger partial charge on any atom is 0.161 e. The quantitative estimate of drug-likeness (QED) is 0.438. The standard InChI is InChI=1S/C12H20Cl2N4O/c1-2-3-8(4-5-19)7-16-11-9(13)6-10(14)12(17-11)18-15/h6,8,19H,2-5,7,15H2,1H3,(H2,16,17,18). The summed E-state index contributed by atoms with van der Waals surface area (Å²) in [7, 11) is 0. The van der Waals surface area contributed by atoms with E-state index in [9.17, 15) is 0 Å². The first-order chi connectivity index (χ1) is 9.12. The molecule has 1 atom stereocenters. The van der Waals surface area contributed by atoms with Crippen molar-refractivity contribution in [3.05, 3.63) is 16.1 Å². The van der Waals surface area contributed by atoms with Gasteiger partial charge in [0.25, 0.3) is 0 Å². The van der Waals surface area contributed by atoms with Gasteiger partial charge in [-0.15, -0.1) is 0 Å². The second-order valence-electron chi connectivity index (χ2n) is 4.34. The van der Waals surface area contributed by atoms with E-state index in [2.05, 4.69) is 22.7 Å². The lowest BCUT2D eigenvalue weighted by atomic mass is 10.0. The molecule has 1 aromatic heterocycles. The van der Waals surface area contributed by atoms with E-state index in [1.54, 1.807) is 6.07 Å². The van der Waals surface area contributed by atoms with Gasteiger partial charge < -0.3 is 15.8 Å². The highest BCUT2D eigenvalue weighted by Crippen LogP contribution is 2.29. The van der Waals surface area contributed by atoms with Crippen LogP contribution in [0.5, 0.6) is 0 Å². The molecule has 0 saturated heterocycles. The van der Waals surface area contributed by atoms with Gasteiger partial charge in [0.2, 0.25) is 0 Å². The number of aliphatic hydroxyl groups is 1. The summed E-state index contributed by atoms with van der Waals surface area (Å²) >= 11 is 12.0. The molecule has 5 nitrogen and oxygen atoms in total. The largest absolute Gasteiger partial charge is 0.396 e. The van der Waals surface area contributed by atoms with E-state index in [-0.39, 0.29) is 6.61 Å². The van der Waals surface area contributed by atoms with Gasteiger partial charge in [0.1, 0.15) is 5.82 Å². The van der Waals surface area contributed by atoms with Crippen LogP contribution in [0.4, 0.5) is 11.6 Å². The van der Waals surface area contributed by atoms with E-state index in [4.69, 9.17) is 34.2 Å². The first-order valence-corrected chi connectivity index (χ1v) is 7.05. The predicted molar refractivity (Wildman–Crippen MR) is 80.7 cm³/mol. The lowest BCUT2D eigenvalue weighted by Gasteiger charge is -2.17. The molecule has 1 aromatic rings. The molecule has 0 aliphatic heterocycles. The number of hydrogen-bond donors (Lipinski definition) is 4. The normalized spacial score (nSPS) is 12.3.